The second kappa shape index (κ2) is 4.56. The normalized spacial score (nSPS) is 26.1. The van der Waals surface area contributed by atoms with Crippen LogP contribution in [0.2, 0.25) is 0 Å². The molecule has 1 rings (SSSR count). The molecule has 0 spiro atoms. The molecule has 2 nitrogen and oxygen atoms in total. The molecule has 0 bridgehead atoms. The average Bonchev–Trinajstić information content (AvgIpc) is 1.97. The molecular formula is C7H15ClN2. The third-order valence-corrected chi connectivity index (χ3v) is 1.83. The van der Waals surface area contributed by atoms with Crippen LogP contribution in [0.25, 0.3) is 0 Å². The molecule has 60 valence electrons. The topological polar surface area (TPSA) is 38.4 Å². The van der Waals surface area contributed by atoms with Crippen molar-refractivity contribution in [2.24, 2.45) is 16.6 Å². The largest absolute Gasteiger partial charge is 0.387 e. The number of amidine groups is 1. The maximum Gasteiger partial charge on any atom is 0.0937 e. The molecule has 0 aromatic rings. The van der Waals surface area contributed by atoms with Gasteiger partial charge in [-0.05, 0) is 18.8 Å². The Morgan fingerprint density at radius 3 is 2.90 bits per heavy atom. The fourth-order valence-corrected chi connectivity index (χ4v) is 1.05. The van der Waals surface area contributed by atoms with Crippen molar-refractivity contribution in [1.29, 1.82) is 0 Å². The van der Waals surface area contributed by atoms with Crippen molar-refractivity contribution < 1.29 is 0 Å². The standard InChI is InChI=1S/C7H14N2.ClH/c1-6-2-3-7(8)9-5-4-6;/h6H,2-5H2,1H3,(H2,8,9);1H. The summed E-state index contributed by atoms with van der Waals surface area (Å²) in [5.74, 6) is 1.66. The van der Waals surface area contributed by atoms with Gasteiger partial charge in [-0.1, -0.05) is 6.92 Å². The number of hydrogen-bond acceptors (Lipinski definition) is 2. The number of hydrogen-bond donors (Lipinski definition) is 1. The summed E-state index contributed by atoms with van der Waals surface area (Å²) in [5, 5.41) is 0. The van der Waals surface area contributed by atoms with E-state index in [-0.39, 0.29) is 12.4 Å². The zero-order valence-electron chi connectivity index (χ0n) is 6.34. The highest BCUT2D eigenvalue weighted by molar-refractivity contribution is 5.85. The Hall–Kier alpha value is -0.240. The Balaban J connectivity index is 0.000000810. The Morgan fingerprint density at radius 1 is 1.50 bits per heavy atom. The Labute approximate surface area is 68.3 Å². The Kier molecular flexibility index (Phi) is 4.45. The maximum absolute atomic E-state index is 5.55. The van der Waals surface area contributed by atoms with Gasteiger partial charge in [0.2, 0.25) is 0 Å². The SMILES string of the molecule is CC1CCN=C(N)CC1.Cl. The smallest absolute Gasteiger partial charge is 0.0937 e. The summed E-state index contributed by atoms with van der Waals surface area (Å²) in [5.41, 5.74) is 5.55. The van der Waals surface area contributed by atoms with Crippen LogP contribution in [-0.2, 0) is 0 Å². The van der Waals surface area contributed by atoms with Gasteiger partial charge in [0.15, 0.2) is 0 Å². The van der Waals surface area contributed by atoms with Gasteiger partial charge >= 0.3 is 0 Å². The number of nitrogens with two attached hydrogens (primary N) is 1. The van der Waals surface area contributed by atoms with Gasteiger partial charge in [-0.3, -0.25) is 4.99 Å². The fourth-order valence-electron chi connectivity index (χ4n) is 1.05. The van der Waals surface area contributed by atoms with Crippen LogP contribution in [-0.4, -0.2) is 12.4 Å². The van der Waals surface area contributed by atoms with E-state index < -0.39 is 0 Å². The molecule has 0 aromatic carbocycles. The van der Waals surface area contributed by atoms with Gasteiger partial charge in [-0.15, -0.1) is 12.4 Å². The summed E-state index contributed by atoms with van der Waals surface area (Å²) >= 11 is 0. The van der Waals surface area contributed by atoms with Crippen LogP contribution >= 0.6 is 12.4 Å². The van der Waals surface area contributed by atoms with Crippen molar-refractivity contribution in [1.82, 2.24) is 0 Å². The first-order chi connectivity index (χ1) is 4.29. The molecule has 2 N–H and O–H groups in total. The van der Waals surface area contributed by atoms with Crippen LogP contribution in [0.1, 0.15) is 26.2 Å². The van der Waals surface area contributed by atoms with Gasteiger partial charge < -0.3 is 5.73 Å². The van der Waals surface area contributed by atoms with Crippen molar-refractivity contribution in [3.8, 4) is 0 Å². The van der Waals surface area contributed by atoms with E-state index in [1.165, 1.54) is 12.8 Å². The lowest BCUT2D eigenvalue weighted by atomic mass is 10.0. The zero-order chi connectivity index (χ0) is 6.69. The molecule has 1 atom stereocenters. The predicted octanol–water partition coefficient (Wildman–Crippen LogP) is 1.59. The molecule has 0 saturated heterocycles. The molecule has 3 heteroatoms. The first kappa shape index (κ1) is 9.76. The highest BCUT2D eigenvalue weighted by atomic mass is 35.5. The van der Waals surface area contributed by atoms with Crippen LogP contribution in [0, 0.1) is 5.92 Å². The minimum atomic E-state index is 0. The van der Waals surface area contributed by atoms with Gasteiger partial charge in [0.05, 0.1) is 5.84 Å². The first-order valence-corrected chi connectivity index (χ1v) is 3.58. The molecule has 1 heterocycles. The summed E-state index contributed by atoms with van der Waals surface area (Å²) in [6.07, 6.45) is 3.43. The van der Waals surface area contributed by atoms with E-state index >= 15 is 0 Å². The van der Waals surface area contributed by atoms with Crippen LogP contribution < -0.4 is 5.73 Å². The van der Waals surface area contributed by atoms with E-state index in [4.69, 9.17) is 5.73 Å². The van der Waals surface area contributed by atoms with Gasteiger partial charge in [-0.2, -0.15) is 0 Å². The van der Waals surface area contributed by atoms with E-state index in [9.17, 15) is 0 Å². The lowest BCUT2D eigenvalue weighted by molar-refractivity contribution is 0.523. The fraction of sp³-hybridized carbons (Fsp3) is 0.857. The zero-order valence-corrected chi connectivity index (χ0v) is 7.16. The molecule has 0 amide bonds. The van der Waals surface area contributed by atoms with Crippen LogP contribution in [0.4, 0.5) is 0 Å². The lowest BCUT2D eigenvalue weighted by Gasteiger charge is -2.02. The molecule has 10 heavy (non-hydrogen) atoms. The minimum Gasteiger partial charge on any atom is -0.387 e. The third-order valence-electron chi connectivity index (χ3n) is 1.83. The van der Waals surface area contributed by atoms with Crippen LogP contribution in [0.5, 0.6) is 0 Å². The van der Waals surface area contributed by atoms with E-state index in [1.807, 2.05) is 0 Å². The highest BCUT2D eigenvalue weighted by Gasteiger charge is 2.06. The molecule has 1 aliphatic heterocycles. The van der Waals surface area contributed by atoms with Crippen molar-refractivity contribution in [3.05, 3.63) is 0 Å². The van der Waals surface area contributed by atoms with Gasteiger partial charge in [0, 0.05) is 13.0 Å². The molecule has 0 radical (unpaired) electrons. The van der Waals surface area contributed by atoms with Gasteiger partial charge in [0.25, 0.3) is 0 Å². The van der Waals surface area contributed by atoms with Crippen molar-refractivity contribution >= 4 is 18.2 Å². The molecular weight excluding hydrogens is 148 g/mol. The molecule has 0 saturated carbocycles. The van der Waals surface area contributed by atoms with Crippen molar-refractivity contribution in [3.63, 3.8) is 0 Å². The summed E-state index contributed by atoms with van der Waals surface area (Å²) < 4.78 is 0. The number of nitrogens with zero attached hydrogens (tertiary/aromatic N) is 1. The van der Waals surface area contributed by atoms with E-state index in [0.717, 1.165) is 24.7 Å². The highest BCUT2D eigenvalue weighted by Crippen LogP contribution is 2.12. The number of aliphatic imine (C=N–C) groups is 1. The summed E-state index contributed by atoms with van der Waals surface area (Å²) in [4.78, 5) is 4.17. The average molecular weight is 163 g/mol. The van der Waals surface area contributed by atoms with Crippen LogP contribution in [0.15, 0.2) is 4.99 Å². The molecule has 1 unspecified atom stereocenters. The third kappa shape index (κ3) is 3.06. The van der Waals surface area contributed by atoms with Crippen molar-refractivity contribution in [2.75, 3.05) is 6.54 Å². The molecule has 0 aromatic heterocycles. The Bertz CT molecular complexity index is 123. The Morgan fingerprint density at radius 2 is 2.20 bits per heavy atom. The first-order valence-electron chi connectivity index (χ1n) is 3.58. The van der Waals surface area contributed by atoms with E-state index in [2.05, 4.69) is 11.9 Å². The summed E-state index contributed by atoms with van der Waals surface area (Å²) in [6, 6.07) is 0. The quantitative estimate of drug-likeness (QED) is 0.577. The summed E-state index contributed by atoms with van der Waals surface area (Å²) in [6.45, 7) is 3.20. The number of halogens is 1. The molecule has 0 fully saturated rings. The van der Waals surface area contributed by atoms with Gasteiger partial charge in [-0.25, -0.2) is 0 Å². The molecule has 0 aliphatic carbocycles. The maximum atomic E-state index is 5.55. The minimum absolute atomic E-state index is 0. The lowest BCUT2D eigenvalue weighted by Crippen LogP contribution is -2.10. The van der Waals surface area contributed by atoms with E-state index in [0.29, 0.717) is 0 Å². The second-order valence-corrected chi connectivity index (χ2v) is 2.81. The van der Waals surface area contributed by atoms with E-state index in [1.54, 1.807) is 0 Å². The second-order valence-electron chi connectivity index (χ2n) is 2.81. The monoisotopic (exact) mass is 162 g/mol. The number of rotatable bonds is 0. The molecule has 1 aliphatic rings. The van der Waals surface area contributed by atoms with Crippen LogP contribution in [0.3, 0.4) is 0 Å². The summed E-state index contributed by atoms with van der Waals surface area (Å²) in [7, 11) is 0. The van der Waals surface area contributed by atoms with Crippen molar-refractivity contribution in [2.45, 2.75) is 26.2 Å². The predicted molar refractivity (Wildman–Crippen MR) is 46.8 cm³/mol. The van der Waals surface area contributed by atoms with Gasteiger partial charge in [0.1, 0.15) is 0 Å².